The maximum atomic E-state index is 14.3. The van der Waals surface area contributed by atoms with Crippen LogP contribution in [-0.2, 0) is 57.7 Å². The van der Waals surface area contributed by atoms with Crippen LogP contribution in [0.4, 0.5) is 0 Å². The van der Waals surface area contributed by atoms with E-state index in [0.717, 1.165) is 16.7 Å². The molecule has 3 fully saturated rings. The van der Waals surface area contributed by atoms with Crippen molar-refractivity contribution in [3.05, 3.63) is 143 Å². The lowest BCUT2D eigenvalue weighted by Crippen LogP contribution is -2.69. The van der Waals surface area contributed by atoms with Gasteiger partial charge in [-0.1, -0.05) is 110 Å². The Kier molecular flexibility index (Phi) is 13.3. The minimum Gasteiger partial charge on any atom is -0.385 e. The highest BCUT2D eigenvalue weighted by molar-refractivity contribution is 7.99. The smallest absolute Gasteiger partial charge is 0.262 e. The molecule has 4 aromatic carbocycles. The summed E-state index contributed by atoms with van der Waals surface area (Å²) >= 11 is 1.46. The number of hydrogen-bond acceptors (Lipinski definition) is 12. The summed E-state index contributed by atoms with van der Waals surface area (Å²) < 4.78 is 52.4. The molecule has 3 saturated heterocycles. The standard InChI is InChI=1S/C46H51NO11S/c1-4-59-45-36(47-42(49)32-22-14-15-23-33(32)43(47)50)40(52-25-30-18-10-6-11-19-30)38(34(56-45)27-51-24-29-16-8-5-9-17-29)57-44-37(48)41(53-26-31-20-12-7-13-21-31)39-35(55-44)28-54-46(2,3)58-39/h5-23,34-41,44-45,48H,4,24-28H2,1-3H3/t34-,35-,36-,37-,38-,39-,40-,41-,44+,45+/m1/s1. The second-order valence-electron chi connectivity index (χ2n) is 15.5. The van der Waals surface area contributed by atoms with E-state index in [1.807, 2.05) is 112 Å². The summed E-state index contributed by atoms with van der Waals surface area (Å²) in [5.74, 6) is -1.23. The van der Waals surface area contributed by atoms with Crippen LogP contribution in [0.2, 0.25) is 0 Å². The van der Waals surface area contributed by atoms with Crippen molar-refractivity contribution in [2.24, 2.45) is 0 Å². The van der Waals surface area contributed by atoms with Gasteiger partial charge in [0, 0.05) is 0 Å². The van der Waals surface area contributed by atoms with Gasteiger partial charge >= 0.3 is 0 Å². The van der Waals surface area contributed by atoms with Crippen molar-refractivity contribution >= 4 is 23.6 Å². The van der Waals surface area contributed by atoms with E-state index in [-0.39, 0.29) is 26.4 Å². The molecule has 4 aliphatic heterocycles. The van der Waals surface area contributed by atoms with Crippen molar-refractivity contribution in [2.45, 2.75) is 107 Å². The van der Waals surface area contributed by atoms with Gasteiger partial charge in [0.15, 0.2) is 12.1 Å². The third kappa shape index (κ3) is 9.35. The van der Waals surface area contributed by atoms with Crippen molar-refractivity contribution < 1.29 is 52.6 Å². The lowest BCUT2D eigenvalue weighted by atomic mass is 9.94. The maximum absolute atomic E-state index is 14.3. The molecule has 4 aliphatic rings. The Morgan fingerprint density at radius 1 is 0.729 bits per heavy atom. The Morgan fingerprint density at radius 2 is 1.27 bits per heavy atom. The number of benzene rings is 4. The average Bonchev–Trinajstić information content (AvgIpc) is 3.50. The number of hydrogen-bond donors (Lipinski definition) is 1. The molecular formula is C46H51NO11S. The molecule has 0 saturated carbocycles. The van der Waals surface area contributed by atoms with Crippen LogP contribution in [0.25, 0.3) is 0 Å². The van der Waals surface area contributed by atoms with E-state index in [1.165, 1.54) is 16.7 Å². The van der Waals surface area contributed by atoms with Gasteiger partial charge < -0.3 is 43.0 Å². The largest absolute Gasteiger partial charge is 0.385 e. The molecule has 0 radical (unpaired) electrons. The number of rotatable bonds is 15. The van der Waals surface area contributed by atoms with Gasteiger partial charge in [-0.15, -0.1) is 11.8 Å². The molecule has 12 nitrogen and oxygen atoms in total. The highest BCUT2D eigenvalue weighted by Crippen LogP contribution is 2.41. The zero-order valence-corrected chi connectivity index (χ0v) is 34.2. The molecule has 312 valence electrons. The molecule has 0 aliphatic carbocycles. The van der Waals surface area contributed by atoms with Crippen molar-refractivity contribution in [1.29, 1.82) is 0 Å². The van der Waals surface area contributed by atoms with Crippen LogP contribution in [0.5, 0.6) is 0 Å². The van der Waals surface area contributed by atoms with Crippen LogP contribution in [0.1, 0.15) is 58.2 Å². The third-order valence-corrected chi connectivity index (χ3v) is 12.0. The van der Waals surface area contributed by atoms with Gasteiger partial charge in [0.1, 0.15) is 54.2 Å². The van der Waals surface area contributed by atoms with Crippen molar-refractivity contribution in [3.63, 3.8) is 0 Å². The number of thioether (sulfide) groups is 1. The Morgan fingerprint density at radius 3 is 1.85 bits per heavy atom. The van der Waals surface area contributed by atoms with Crippen LogP contribution in [-0.4, -0.2) is 107 Å². The summed E-state index contributed by atoms with van der Waals surface area (Å²) in [6, 6.07) is 34.9. The van der Waals surface area contributed by atoms with Crippen LogP contribution in [0.15, 0.2) is 115 Å². The lowest BCUT2D eigenvalue weighted by Gasteiger charge is -2.52. The first kappa shape index (κ1) is 41.7. The predicted octanol–water partition coefficient (Wildman–Crippen LogP) is 6.14. The molecule has 0 spiro atoms. The zero-order valence-electron chi connectivity index (χ0n) is 33.4. The first-order valence-corrected chi connectivity index (χ1v) is 21.2. The van der Waals surface area contributed by atoms with E-state index in [1.54, 1.807) is 24.3 Å². The van der Waals surface area contributed by atoms with E-state index in [4.69, 9.17) is 37.9 Å². The lowest BCUT2D eigenvalue weighted by molar-refractivity contribution is -0.397. The molecule has 10 atom stereocenters. The highest BCUT2D eigenvalue weighted by Gasteiger charge is 2.58. The summed E-state index contributed by atoms with van der Waals surface area (Å²) in [5.41, 5.74) is 2.65. The second-order valence-corrected chi connectivity index (χ2v) is 16.8. The van der Waals surface area contributed by atoms with Crippen LogP contribution >= 0.6 is 11.8 Å². The molecule has 8 rings (SSSR count). The van der Waals surface area contributed by atoms with Crippen LogP contribution in [0.3, 0.4) is 0 Å². The van der Waals surface area contributed by atoms with E-state index in [0.29, 0.717) is 23.5 Å². The normalized spacial score (nSPS) is 30.2. The molecule has 0 bridgehead atoms. The number of aliphatic hydroxyl groups is 1. The van der Waals surface area contributed by atoms with E-state index >= 15 is 0 Å². The fraction of sp³-hybridized carbons (Fsp3) is 0.435. The second kappa shape index (κ2) is 18.7. The fourth-order valence-electron chi connectivity index (χ4n) is 8.11. The van der Waals surface area contributed by atoms with Gasteiger partial charge in [-0.05, 0) is 48.4 Å². The van der Waals surface area contributed by atoms with Gasteiger partial charge in [-0.2, -0.15) is 0 Å². The number of imide groups is 1. The van der Waals surface area contributed by atoms with Crippen LogP contribution < -0.4 is 0 Å². The molecule has 4 aromatic rings. The third-order valence-electron chi connectivity index (χ3n) is 11.0. The van der Waals surface area contributed by atoms with E-state index in [9.17, 15) is 14.7 Å². The molecular weight excluding hydrogens is 775 g/mol. The molecule has 2 amide bonds. The summed E-state index contributed by atoms with van der Waals surface area (Å²) in [5, 5.41) is 12.2. The molecule has 0 aromatic heterocycles. The zero-order chi connectivity index (χ0) is 40.9. The number of fused-ring (bicyclic) bond motifs is 2. The molecule has 4 heterocycles. The molecule has 13 heteroatoms. The summed E-state index contributed by atoms with van der Waals surface area (Å²) in [6.45, 7) is 6.45. The first-order chi connectivity index (χ1) is 28.7. The SMILES string of the molecule is CCS[C@@H]1O[C@H](COCc2ccccc2)[C@@H](O[C@@H]2O[C@@H]3COC(C)(C)O[C@H]3[C@H](OCc3ccccc3)[C@H]2O)[C@H](OCc2ccccc2)[C@H]1N1C(=O)c2ccccc2C1=O. The number of aliphatic hydroxyl groups excluding tert-OH is 1. The fourth-order valence-corrected chi connectivity index (χ4v) is 9.13. The van der Waals surface area contributed by atoms with Crippen molar-refractivity contribution in [3.8, 4) is 0 Å². The quantitative estimate of drug-likeness (QED) is 0.138. The minimum absolute atomic E-state index is 0.0591. The van der Waals surface area contributed by atoms with Gasteiger partial charge in [0.2, 0.25) is 0 Å². The van der Waals surface area contributed by atoms with Gasteiger partial charge in [0.05, 0.1) is 44.2 Å². The van der Waals surface area contributed by atoms with Gasteiger partial charge in [0.25, 0.3) is 11.8 Å². The topological polar surface area (TPSA) is 131 Å². The van der Waals surface area contributed by atoms with E-state index < -0.39 is 78.1 Å². The van der Waals surface area contributed by atoms with Crippen molar-refractivity contribution in [2.75, 3.05) is 19.0 Å². The first-order valence-electron chi connectivity index (χ1n) is 20.2. The Balaban J connectivity index is 1.16. The van der Waals surface area contributed by atoms with Crippen molar-refractivity contribution in [1.82, 2.24) is 4.90 Å². The maximum Gasteiger partial charge on any atom is 0.262 e. The van der Waals surface area contributed by atoms with Crippen LogP contribution in [0, 0.1) is 0 Å². The minimum atomic E-state index is -1.35. The predicted molar refractivity (Wildman–Crippen MR) is 218 cm³/mol. The number of amides is 2. The molecule has 0 unspecified atom stereocenters. The molecule has 59 heavy (non-hydrogen) atoms. The summed E-state index contributed by atoms with van der Waals surface area (Å²) in [4.78, 5) is 29.8. The average molecular weight is 826 g/mol. The Bertz CT molecular complexity index is 1970. The highest BCUT2D eigenvalue weighted by atomic mass is 32.2. The number of ether oxygens (including phenoxy) is 8. The monoisotopic (exact) mass is 825 g/mol. The summed E-state index contributed by atoms with van der Waals surface area (Å²) in [6.07, 6.45) is -7.71. The Labute approximate surface area is 349 Å². The number of nitrogens with zero attached hydrogens (tertiary/aromatic N) is 1. The van der Waals surface area contributed by atoms with Gasteiger partial charge in [-0.25, -0.2) is 0 Å². The Hall–Kier alpha value is -3.99. The summed E-state index contributed by atoms with van der Waals surface area (Å²) in [7, 11) is 0. The number of carbonyl (C=O) groups excluding carboxylic acids is 2. The van der Waals surface area contributed by atoms with Gasteiger partial charge in [-0.3, -0.25) is 14.5 Å². The molecule has 1 N–H and O–H groups in total. The van der Waals surface area contributed by atoms with E-state index in [2.05, 4.69) is 0 Å². The number of carbonyl (C=O) groups is 2.